The van der Waals surface area contributed by atoms with Crippen molar-refractivity contribution in [1.82, 2.24) is 0 Å². The van der Waals surface area contributed by atoms with E-state index in [1.54, 1.807) is 6.92 Å². The second-order valence-corrected chi connectivity index (χ2v) is 3.63. The number of rotatable bonds is 10. The van der Waals surface area contributed by atoms with Crippen LogP contribution in [0.15, 0.2) is 0 Å². The maximum Gasteiger partial charge on any atom is 0.186 e. The monoisotopic (exact) mass is 220 g/mol. The van der Waals surface area contributed by atoms with Crippen molar-refractivity contribution < 1.29 is 19.3 Å². The summed E-state index contributed by atoms with van der Waals surface area (Å²) in [6, 6.07) is 0. The zero-order valence-electron chi connectivity index (χ0n) is 10.1. The fourth-order valence-corrected chi connectivity index (χ4v) is 1.01. The van der Waals surface area contributed by atoms with Crippen LogP contribution in [0.2, 0.25) is 0 Å². The van der Waals surface area contributed by atoms with Crippen LogP contribution in [0.5, 0.6) is 0 Å². The van der Waals surface area contributed by atoms with Crippen LogP contribution in [-0.4, -0.2) is 43.9 Å². The first kappa shape index (κ1) is 14.8. The summed E-state index contributed by atoms with van der Waals surface area (Å²) in [5.41, 5.74) is 0. The van der Waals surface area contributed by atoms with E-state index in [0.717, 1.165) is 12.8 Å². The number of aliphatic hydroxyl groups is 1. The number of hydrogen-bond donors (Lipinski definition) is 1. The van der Waals surface area contributed by atoms with Crippen LogP contribution >= 0.6 is 0 Å². The van der Waals surface area contributed by atoms with Gasteiger partial charge in [0.1, 0.15) is 6.61 Å². The number of ether oxygens (including phenoxy) is 3. The van der Waals surface area contributed by atoms with Crippen molar-refractivity contribution in [2.75, 3.05) is 33.0 Å². The molecule has 0 aromatic rings. The van der Waals surface area contributed by atoms with Gasteiger partial charge in [0.15, 0.2) is 5.79 Å². The minimum atomic E-state index is -1.20. The quantitative estimate of drug-likeness (QED) is 0.448. The van der Waals surface area contributed by atoms with Crippen LogP contribution in [0.25, 0.3) is 0 Å². The smallest absolute Gasteiger partial charge is 0.186 e. The van der Waals surface area contributed by atoms with Crippen molar-refractivity contribution >= 4 is 0 Å². The van der Waals surface area contributed by atoms with E-state index >= 15 is 0 Å². The third-order valence-electron chi connectivity index (χ3n) is 1.86. The summed E-state index contributed by atoms with van der Waals surface area (Å²) in [6.07, 6.45) is 2.10. The summed E-state index contributed by atoms with van der Waals surface area (Å²) in [5, 5.41) is 9.71. The SMILES string of the molecule is CCCCOCC(C)(O)OCCOCC. The Hall–Kier alpha value is -0.160. The van der Waals surface area contributed by atoms with E-state index in [2.05, 4.69) is 6.92 Å². The second kappa shape index (κ2) is 9.09. The van der Waals surface area contributed by atoms with Crippen LogP contribution in [0, 0.1) is 0 Å². The highest BCUT2D eigenvalue weighted by atomic mass is 16.7. The predicted molar refractivity (Wildman–Crippen MR) is 58.8 cm³/mol. The molecule has 1 unspecified atom stereocenters. The van der Waals surface area contributed by atoms with Crippen molar-refractivity contribution in [3.8, 4) is 0 Å². The Kier molecular flexibility index (Phi) is 9.00. The lowest BCUT2D eigenvalue weighted by molar-refractivity contribution is -0.224. The van der Waals surface area contributed by atoms with Crippen LogP contribution in [-0.2, 0) is 14.2 Å². The van der Waals surface area contributed by atoms with Gasteiger partial charge in [0.05, 0.1) is 13.2 Å². The molecule has 0 radical (unpaired) electrons. The molecule has 0 aliphatic rings. The van der Waals surface area contributed by atoms with Gasteiger partial charge in [-0.25, -0.2) is 0 Å². The second-order valence-electron chi connectivity index (χ2n) is 3.63. The van der Waals surface area contributed by atoms with Crippen LogP contribution in [0.4, 0.5) is 0 Å². The van der Waals surface area contributed by atoms with Gasteiger partial charge >= 0.3 is 0 Å². The molecule has 0 saturated heterocycles. The highest BCUT2D eigenvalue weighted by molar-refractivity contribution is 4.57. The average molecular weight is 220 g/mol. The van der Waals surface area contributed by atoms with E-state index in [1.165, 1.54) is 0 Å². The molecule has 0 aliphatic heterocycles. The largest absolute Gasteiger partial charge is 0.379 e. The molecule has 0 fully saturated rings. The van der Waals surface area contributed by atoms with Crippen molar-refractivity contribution in [2.45, 2.75) is 39.4 Å². The maximum atomic E-state index is 9.71. The summed E-state index contributed by atoms with van der Waals surface area (Å²) in [4.78, 5) is 0. The molecule has 0 saturated carbocycles. The fourth-order valence-electron chi connectivity index (χ4n) is 1.01. The van der Waals surface area contributed by atoms with Crippen molar-refractivity contribution in [3.05, 3.63) is 0 Å². The zero-order valence-corrected chi connectivity index (χ0v) is 10.1. The molecule has 0 spiro atoms. The lowest BCUT2D eigenvalue weighted by Gasteiger charge is -2.23. The van der Waals surface area contributed by atoms with Crippen LogP contribution < -0.4 is 0 Å². The Morgan fingerprint density at radius 3 is 2.40 bits per heavy atom. The normalized spacial score (nSPS) is 15.2. The third-order valence-corrected chi connectivity index (χ3v) is 1.86. The first-order valence-corrected chi connectivity index (χ1v) is 5.64. The first-order chi connectivity index (χ1) is 7.12. The van der Waals surface area contributed by atoms with E-state index in [1.807, 2.05) is 6.92 Å². The molecule has 4 nitrogen and oxygen atoms in total. The summed E-state index contributed by atoms with van der Waals surface area (Å²) < 4.78 is 15.6. The van der Waals surface area contributed by atoms with Gasteiger partial charge in [-0.15, -0.1) is 0 Å². The molecule has 15 heavy (non-hydrogen) atoms. The standard InChI is InChI=1S/C11H24O4/c1-4-6-7-14-10-11(3,12)15-9-8-13-5-2/h12H,4-10H2,1-3H3. The molecule has 0 heterocycles. The summed E-state index contributed by atoms with van der Waals surface area (Å²) in [7, 11) is 0. The molecule has 1 atom stereocenters. The van der Waals surface area contributed by atoms with Gasteiger partial charge in [-0.05, 0) is 20.3 Å². The van der Waals surface area contributed by atoms with E-state index in [9.17, 15) is 5.11 Å². The van der Waals surface area contributed by atoms with Gasteiger partial charge in [-0.1, -0.05) is 13.3 Å². The lowest BCUT2D eigenvalue weighted by Crippen LogP contribution is -2.35. The zero-order chi connectivity index (χ0) is 11.6. The average Bonchev–Trinajstić information content (AvgIpc) is 2.20. The van der Waals surface area contributed by atoms with Gasteiger partial charge < -0.3 is 19.3 Å². The molecular weight excluding hydrogens is 196 g/mol. The molecule has 92 valence electrons. The molecule has 0 amide bonds. The van der Waals surface area contributed by atoms with E-state index in [-0.39, 0.29) is 6.61 Å². The summed E-state index contributed by atoms with van der Waals surface area (Å²) >= 11 is 0. The van der Waals surface area contributed by atoms with Gasteiger partial charge in [0.25, 0.3) is 0 Å². The Balaban J connectivity index is 3.40. The minimum absolute atomic E-state index is 0.207. The molecule has 0 rings (SSSR count). The Morgan fingerprint density at radius 1 is 1.07 bits per heavy atom. The van der Waals surface area contributed by atoms with E-state index < -0.39 is 5.79 Å². The van der Waals surface area contributed by atoms with Crippen LogP contribution in [0.1, 0.15) is 33.6 Å². The Morgan fingerprint density at radius 2 is 1.80 bits per heavy atom. The molecule has 0 aromatic carbocycles. The predicted octanol–water partition coefficient (Wildman–Crippen LogP) is 1.56. The highest BCUT2D eigenvalue weighted by Crippen LogP contribution is 2.06. The molecule has 0 bridgehead atoms. The van der Waals surface area contributed by atoms with E-state index in [0.29, 0.717) is 26.4 Å². The van der Waals surface area contributed by atoms with Crippen LogP contribution in [0.3, 0.4) is 0 Å². The summed E-state index contributed by atoms with van der Waals surface area (Å²) in [5.74, 6) is -1.20. The summed E-state index contributed by atoms with van der Waals surface area (Å²) in [6.45, 7) is 8.05. The van der Waals surface area contributed by atoms with Gasteiger partial charge in [0.2, 0.25) is 0 Å². The number of unbranched alkanes of at least 4 members (excludes halogenated alkanes) is 1. The lowest BCUT2D eigenvalue weighted by atomic mass is 10.3. The molecule has 1 N–H and O–H groups in total. The van der Waals surface area contributed by atoms with Crippen molar-refractivity contribution in [3.63, 3.8) is 0 Å². The fraction of sp³-hybridized carbons (Fsp3) is 1.00. The van der Waals surface area contributed by atoms with Crippen molar-refractivity contribution in [2.24, 2.45) is 0 Å². The highest BCUT2D eigenvalue weighted by Gasteiger charge is 2.20. The third kappa shape index (κ3) is 10.1. The topological polar surface area (TPSA) is 47.9 Å². The molecular formula is C11H24O4. The molecule has 4 heteroatoms. The minimum Gasteiger partial charge on any atom is -0.379 e. The molecule has 0 aromatic heterocycles. The van der Waals surface area contributed by atoms with Crippen molar-refractivity contribution in [1.29, 1.82) is 0 Å². The van der Waals surface area contributed by atoms with Gasteiger partial charge in [-0.3, -0.25) is 0 Å². The van der Waals surface area contributed by atoms with Gasteiger partial charge in [-0.2, -0.15) is 0 Å². The Labute approximate surface area is 92.5 Å². The number of hydrogen-bond acceptors (Lipinski definition) is 4. The Bertz CT molecular complexity index is 123. The first-order valence-electron chi connectivity index (χ1n) is 5.64. The molecule has 0 aliphatic carbocycles. The van der Waals surface area contributed by atoms with Gasteiger partial charge in [0, 0.05) is 13.2 Å². The van der Waals surface area contributed by atoms with E-state index in [4.69, 9.17) is 14.2 Å². The maximum absolute atomic E-state index is 9.71.